The largest absolute Gasteiger partial charge is 0.446 e. The van der Waals surface area contributed by atoms with Crippen LogP contribution in [0.2, 0.25) is 0 Å². The summed E-state index contributed by atoms with van der Waals surface area (Å²) >= 11 is 0. The van der Waals surface area contributed by atoms with Crippen LogP contribution in [0.3, 0.4) is 0 Å². The molecule has 49 heavy (non-hydrogen) atoms. The van der Waals surface area contributed by atoms with Gasteiger partial charge >= 0.3 is 6.09 Å². The van der Waals surface area contributed by atoms with Gasteiger partial charge in [0.15, 0.2) is 5.78 Å². The van der Waals surface area contributed by atoms with Crippen LogP contribution in [0.1, 0.15) is 139 Å². The molecule has 2 aromatic rings. The van der Waals surface area contributed by atoms with E-state index in [9.17, 15) is 19.8 Å². The van der Waals surface area contributed by atoms with Crippen molar-refractivity contribution in [2.45, 2.75) is 136 Å². The van der Waals surface area contributed by atoms with Crippen LogP contribution in [0.4, 0.5) is 4.79 Å². The number of aliphatic hydroxyl groups excluding tert-OH is 1. The van der Waals surface area contributed by atoms with Crippen LogP contribution in [0.15, 0.2) is 60.2 Å². The first-order valence-electron chi connectivity index (χ1n) is 19.1. The number of ketones is 1. The van der Waals surface area contributed by atoms with E-state index in [1.54, 1.807) is 4.90 Å². The molecule has 7 atom stereocenters. The number of ether oxygens (including phenoxy) is 1. The Morgan fingerprint density at radius 2 is 1.80 bits per heavy atom. The minimum absolute atomic E-state index is 0.0369. The number of aliphatic hydroxyl groups is 2. The number of fused-ring (bicyclic) bond motifs is 8. The predicted octanol–water partition coefficient (Wildman–Crippen LogP) is 9.27. The van der Waals surface area contributed by atoms with E-state index >= 15 is 0 Å². The Morgan fingerprint density at radius 3 is 2.51 bits per heavy atom. The predicted molar refractivity (Wildman–Crippen MR) is 197 cm³/mol. The van der Waals surface area contributed by atoms with Crippen molar-refractivity contribution in [3.63, 3.8) is 0 Å². The number of allylic oxidation sites excluding steroid dienone is 2. The highest BCUT2D eigenvalue weighted by Gasteiger charge is 2.58. The van der Waals surface area contributed by atoms with E-state index in [-0.39, 0.29) is 30.4 Å². The number of hydrogen-bond acceptors (Lipinski definition) is 5. The van der Waals surface area contributed by atoms with Gasteiger partial charge in [0.2, 0.25) is 0 Å². The second-order valence-corrected chi connectivity index (χ2v) is 16.3. The van der Waals surface area contributed by atoms with Crippen molar-refractivity contribution in [3.05, 3.63) is 82.4 Å². The zero-order valence-corrected chi connectivity index (χ0v) is 30.9. The van der Waals surface area contributed by atoms with Crippen LogP contribution >= 0.6 is 0 Å². The molecule has 6 rings (SSSR count). The lowest BCUT2D eigenvalue weighted by molar-refractivity contribution is -0.0862. The topological polar surface area (TPSA) is 87.1 Å². The van der Waals surface area contributed by atoms with Gasteiger partial charge in [-0.3, -0.25) is 4.79 Å². The van der Waals surface area contributed by atoms with E-state index < -0.39 is 17.1 Å². The van der Waals surface area contributed by atoms with Crippen LogP contribution in [-0.2, 0) is 11.2 Å². The highest BCUT2D eigenvalue weighted by atomic mass is 16.6. The smallest absolute Gasteiger partial charge is 0.410 e. The normalized spacial score (nSPS) is 30.7. The molecule has 0 heterocycles. The molecule has 0 aliphatic heterocycles. The summed E-state index contributed by atoms with van der Waals surface area (Å²) in [6.45, 7) is 13.8. The fraction of sp³-hybridized carbons (Fsp3) is 0.628. The maximum atomic E-state index is 14.2. The Bertz CT molecular complexity index is 1470. The van der Waals surface area contributed by atoms with Crippen molar-refractivity contribution in [2.75, 3.05) is 13.1 Å². The molecule has 0 radical (unpaired) electrons. The first kappa shape index (κ1) is 37.3. The zero-order chi connectivity index (χ0) is 35.3. The third-order valence-electron chi connectivity index (χ3n) is 12.4. The number of rotatable bonds is 8. The number of hydrogen-bond donors (Lipinski definition) is 2. The van der Waals surface area contributed by atoms with Crippen molar-refractivity contribution in [2.24, 2.45) is 23.2 Å². The SMILES string of the molecule is CCCN(CC1(O)CCC2c3ccc(cc3C(=O)c3ccccc3)CC(O)CCC(C)=CCCC21C)C(=O)OC1CC(C)CCC1C(C)C. The molecule has 2 N–H and O–H groups in total. The Kier molecular flexibility index (Phi) is 12.1. The summed E-state index contributed by atoms with van der Waals surface area (Å²) in [6.07, 6.45) is 9.88. The Hall–Kier alpha value is -2.96. The van der Waals surface area contributed by atoms with Crippen molar-refractivity contribution in [1.82, 2.24) is 4.90 Å². The lowest BCUT2D eigenvalue weighted by atomic mass is 9.64. The number of carbonyl (C=O) groups excluding carboxylic acids is 2. The molecular formula is C43H61NO5. The molecule has 4 aliphatic rings. The van der Waals surface area contributed by atoms with E-state index in [0.29, 0.717) is 67.5 Å². The summed E-state index contributed by atoms with van der Waals surface area (Å²) in [5.41, 5.74) is 2.61. The molecule has 0 saturated heterocycles. The average molecular weight is 672 g/mol. The molecule has 0 aromatic heterocycles. The standard InChI is InChI=1S/C43H61NO5/c1-7-24-44(41(47)49-39-25-31(5)16-19-35(39)29(2)3)28-43(48)23-21-38-36-20-17-32(27-37(36)40(46)33-13-9-8-10-14-33)26-34(45)18-15-30(4)12-11-22-42(38,43)6/h8-10,12-14,17,20,27,29,31,34-35,38-39,45,48H,7,11,15-16,18-19,21-26,28H2,1-6H3. The van der Waals surface area contributed by atoms with Crippen molar-refractivity contribution in [3.8, 4) is 0 Å². The van der Waals surface area contributed by atoms with E-state index in [1.165, 1.54) is 12.0 Å². The van der Waals surface area contributed by atoms with Crippen molar-refractivity contribution in [1.29, 1.82) is 0 Å². The summed E-state index contributed by atoms with van der Waals surface area (Å²) in [5.74, 6) is 1.17. The van der Waals surface area contributed by atoms with Gasteiger partial charge in [0.25, 0.3) is 0 Å². The lowest BCUT2D eigenvalue weighted by Gasteiger charge is -2.46. The van der Waals surface area contributed by atoms with Crippen LogP contribution < -0.4 is 0 Å². The molecule has 2 saturated carbocycles. The maximum absolute atomic E-state index is 14.2. The molecule has 0 spiro atoms. The molecule has 268 valence electrons. The average Bonchev–Trinajstić information content (AvgIpc) is 3.32. The summed E-state index contributed by atoms with van der Waals surface area (Å²) in [4.78, 5) is 30.0. The van der Waals surface area contributed by atoms with E-state index in [2.05, 4.69) is 59.8 Å². The summed E-state index contributed by atoms with van der Waals surface area (Å²) in [7, 11) is 0. The second kappa shape index (κ2) is 15.9. The van der Waals surface area contributed by atoms with E-state index in [1.807, 2.05) is 36.4 Å². The van der Waals surface area contributed by atoms with Gasteiger partial charge in [-0.25, -0.2) is 4.79 Å². The van der Waals surface area contributed by atoms with Crippen LogP contribution in [0.25, 0.3) is 0 Å². The quantitative estimate of drug-likeness (QED) is 0.216. The number of carbonyl (C=O) groups is 2. The first-order valence-corrected chi connectivity index (χ1v) is 19.1. The number of nitrogens with zero attached hydrogens (tertiary/aromatic N) is 1. The maximum Gasteiger partial charge on any atom is 0.410 e. The Balaban J connectivity index is 1.52. The van der Waals surface area contributed by atoms with Gasteiger partial charge in [-0.2, -0.15) is 0 Å². The monoisotopic (exact) mass is 671 g/mol. The fourth-order valence-electron chi connectivity index (χ4n) is 9.22. The molecule has 6 heteroatoms. The third-order valence-corrected chi connectivity index (χ3v) is 12.4. The number of benzene rings is 2. The zero-order valence-electron chi connectivity index (χ0n) is 30.9. The fourth-order valence-corrected chi connectivity index (χ4v) is 9.22. The van der Waals surface area contributed by atoms with Gasteiger partial charge in [-0.05, 0) is 112 Å². The van der Waals surface area contributed by atoms with E-state index in [4.69, 9.17) is 4.74 Å². The highest BCUT2D eigenvalue weighted by Crippen LogP contribution is 2.59. The van der Waals surface area contributed by atoms with Gasteiger partial charge in [-0.15, -0.1) is 0 Å². The molecular weight excluding hydrogens is 610 g/mol. The van der Waals surface area contributed by atoms with Gasteiger partial charge in [-0.1, -0.05) is 95.2 Å². The Morgan fingerprint density at radius 1 is 1.04 bits per heavy atom. The highest BCUT2D eigenvalue weighted by molar-refractivity contribution is 6.10. The van der Waals surface area contributed by atoms with Crippen LogP contribution in [-0.4, -0.2) is 57.9 Å². The van der Waals surface area contributed by atoms with E-state index in [0.717, 1.165) is 43.2 Å². The minimum Gasteiger partial charge on any atom is -0.446 e. The minimum atomic E-state index is -1.18. The first-order chi connectivity index (χ1) is 23.3. The summed E-state index contributed by atoms with van der Waals surface area (Å²) < 4.78 is 6.35. The van der Waals surface area contributed by atoms with Gasteiger partial charge in [0, 0.05) is 23.1 Å². The van der Waals surface area contributed by atoms with Crippen molar-refractivity contribution >= 4 is 11.9 Å². The second-order valence-electron chi connectivity index (χ2n) is 16.3. The van der Waals surface area contributed by atoms with Gasteiger partial charge in [0.1, 0.15) is 6.10 Å². The molecule has 7 unspecified atom stereocenters. The van der Waals surface area contributed by atoms with Gasteiger partial charge < -0.3 is 19.8 Å². The third kappa shape index (κ3) is 8.34. The Labute approximate surface area is 295 Å². The summed E-state index contributed by atoms with van der Waals surface area (Å²) in [5, 5.41) is 23.8. The van der Waals surface area contributed by atoms with Crippen LogP contribution in [0, 0.1) is 23.2 Å². The molecule has 2 aromatic carbocycles. The van der Waals surface area contributed by atoms with Crippen molar-refractivity contribution < 1.29 is 24.5 Å². The molecule has 1 amide bonds. The molecule has 2 bridgehead atoms. The lowest BCUT2D eigenvalue weighted by Crippen LogP contribution is -2.54. The molecule has 6 nitrogen and oxygen atoms in total. The molecule has 2 fully saturated rings. The summed E-state index contributed by atoms with van der Waals surface area (Å²) in [6, 6.07) is 15.5. The molecule has 4 aliphatic carbocycles. The number of amides is 1. The van der Waals surface area contributed by atoms with Crippen LogP contribution in [0.5, 0.6) is 0 Å². The van der Waals surface area contributed by atoms with Gasteiger partial charge in [0.05, 0.1) is 18.2 Å².